The second-order valence-corrected chi connectivity index (χ2v) is 6.14. The van der Waals surface area contributed by atoms with Gasteiger partial charge in [-0.1, -0.05) is 44.3 Å². The smallest absolute Gasteiger partial charge is 0.409 e. The van der Waals surface area contributed by atoms with Crippen molar-refractivity contribution in [3.63, 3.8) is 0 Å². The third-order valence-corrected chi connectivity index (χ3v) is 4.17. The summed E-state index contributed by atoms with van der Waals surface area (Å²) in [7, 11) is 0. The lowest BCUT2D eigenvalue weighted by Gasteiger charge is -2.10. The van der Waals surface area contributed by atoms with Crippen molar-refractivity contribution in [2.24, 2.45) is 0 Å². The summed E-state index contributed by atoms with van der Waals surface area (Å²) in [6, 6.07) is 13.5. The molecule has 0 saturated carbocycles. The third kappa shape index (κ3) is 2.50. The summed E-state index contributed by atoms with van der Waals surface area (Å²) < 4.78 is 7.34. The van der Waals surface area contributed by atoms with Crippen LogP contribution >= 0.6 is 12.2 Å². The summed E-state index contributed by atoms with van der Waals surface area (Å²) in [5.74, 6) is -0.0154. The van der Waals surface area contributed by atoms with Crippen molar-refractivity contribution in [1.82, 2.24) is 4.57 Å². The molecule has 0 aliphatic heterocycles. The quantitative estimate of drug-likeness (QED) is 0.641. The highest BCUT2D eigenvalue weighted by Crippen LogP contribution is 2.20. The zero-order valence-electron chi connectivity index (χ0n) is 12.8. The van der Waals surface area contributed by atoms with E-state index in [0.29, 0.717) is 16.1 Å². The van der Waals surface area contributed by atoms with Crippen LogP contribution in [0, 0.1) is 11.6 Å². The van der Waals surface area contributed by atoms with Crippen molar-refractivity contribution >= 4 is 23.2 Å². The van der Waals surface area contributed by atoms with Gasteiger partial charge in [0.15, 0.2) is 0 Å². The maximum absolute atomic E-state index is 12.3. The molecule has 0 N–H and O–H groups in total. The summed E-state index contributed by atoms with van der Waals surface area (Å²) in [6.07, 6.45) is 0. The largest absolute Gasteiger partial charge is 0.425 e. The van der Waals surface area contributed by atoms with Crippen LogP contribution in [0.4, 0.5) is 0 Å². The number of fused-ring (bicyclic) bond motifs is 1. The molecular formula is C18H17NO2S. The maximum atomic E-state index is 12.3. The fraction of sp³-hybridized carbons (Fsp3) is 0.222. The van der Waals surface area contributed by atoms with Gasteiger partial charge < -0.3 is 4.42 Å². The van der Waals surface area contributed by atoms with Crippen LogP contribution in [0.3, 0.4) is 0 Å². The van der Waals surface area contributed by atoms with Crippen molar-refractivity contribution in [1.29, 1.82) is 0 Å². The average Bonchev–Trinajstić information content (AvgIpc) is 2.47. The topological polar surface area (TPSA) is 35.1 Å². The van der Waals surface area contributed by atoms with Crippen LogP contribution in [0.5, 0.6) is 0 Å². The molecule has 0 atom stereocenters. The summed E-state index contributed by atoms with van der Waals surface area (Å²) in [5.41, 5.74) is 3.51. The van der Waals surface area contributed by atoms with Crippen LogP contribution in [0.1, 0.15) is 30.9 Å². The number of aryl methyl sites for hydroxylation is 1. The van der Waals surface area contributed by atoms with E-state index in [2.05, 4.69) is 13.8 Å². The molecule has 1 heterocycles. The lowest BCUT2D eigenvalue weighted by molar-refractivity contribution is 0.507. The molecule has 4 heteroatoms. The Hall–Kier alpha value is -2.20. The molecule has 3 nitrogen and oxygen atoms in total. The van der Waals surface area contributed by atoms with Gasteiger partial charge in [-0.25, -0.2) is 9.36 Å². The number of hydrogen-bond acceptors (Lipinski definition) is 3. The Morgan fingerprint density at radius 2 is 1.77 bits per heavy atom. The zero-order valence-corrected chi connectivity index (χ0v) is 13.6. The van der Waals surface area contributed by atoms with Gasteiger partial charge in [0, 0.05) is 0 Å². The fourth-order valence-corrected chi connectivity index (χ4v) is 2.81. The first-order valence-corrected chi connectivity index (χ1v) is 7.65. The second-order valence-electron chi connectivity index (χ2n) is 5.75. The second kappa shape index (κ2) is 5.54. The molecular weight excluding hydrogens is 294 g/mol. The van der Waals surface area contributed by atoms with Gasteiger partial charge in [0.2, 0.25) is 0 Å². The lowest BCUT2D eigenvalue weighted by atomic mass is 10.0. The standard InChI is InChI=1S/C18H17NO2S/c1-11(2)13-5-7-14(8-6-13)19-17(22)15-9-4-12(3)10-16(15)21-18(19)20/h4-11H,1-3H3. The Balaban J connectivity index is 2.25. The van der Waals surface area contributed by atoms with Crippen molar-refractivity contribution < 1.29 is 4.42 Å². The molecule has 3 rings (SSSR count). The van der Waals surface area contributed by atoms with Crippen LogP contribution in [-0.4, -0.2) is 4.57 Å². The van der Waals surface area contributed by atoms with E-state index < -0.39 is 5.76 Å². The first kappa shape index (κ1) is 14.7. The molecule has 0 amide bonds. The van der Waals surface area contributed by atoms with Crippen LogP contribution in [0.15, 0.2) is 51.7 Å². The van der Waals surface area contributed by atoms with Gasteiger partial charge in [-0.3, -0.25) is 0 Å². The molecule has 112 valence electrons. The first-order valence-electron chi connectivity index (χ1n) is 7.24. The van der Waals surface area contributed by atoms with E-state index in [0.717, 1.165) is 16.6 Å². The highest BCUT2D eigenvalue weighted by Gasteiger charge is 2.09. The minimum absolute atomic E-state index is 0.443. The van der Waals surface area contributed by atoms with Gasteiger partial charge in [-0.05, 0) is 48.2 Å². The highest BCUT2D eigenvalue weighted by molar-refractivity contribution is 7.71. The normalized spacial score (nSPS) is 11.3. The van der Waals surface area contributed by atoms with Crippen molar-refractivity contribution in [2.75, 3.05) is 0 Å². The zero-order chi connectivity index (χ0) is 15.9. The summed E-state index contributed by atoms with van der Waals surface area (Å²) in [5, 5.41) is 0.771. The van der Waals surface area contributed by atoms with Gasteiger partial charge in [-0.15, -0.1) is 0 Å². The molecule has 1 aromatic heterocycles. The number of aromatic nitrogens is 1. The first-order chi connectivity index (χ1) is 10.5. The molecule has 22 heavy (non-hydrogen) atoms. The van der Waals surface area contributed by atoms with Gasteiger partial charge in [0.25, 0.3) is 0 Å². The number of benzene rings is 2. The van der Waals surface area contributed by atoms with Crippen LogP contribution in [0.25, 0.3) is 16.7 Å². The number of nitrogens with zero attached hydrogens (tertiary/aromatic N) is 1. The van der Waals surface area contributed by atoms with Gasteiger partial charge >= 0.3 is 5.76 Å². The number of hydrogen-bond donors (Lipinski definition) is 0. The predicted octanol–water partition coefficient (Wildman–Crippen LogP) is 4.75. The van der Waals surface area contributed by atoms with Crippen LogP contribution in [0.2, 0.25) is 0 Å². The molecule has 3 aromatic rings. The van der Waals surface area contributed by atoms with Gasteiger partial charge in [-0.2, -0.15) is 0 Å². The highest BCUT2D eigenvalue weighted by atomic mass is 32.1. The SMILES string of the molecule is Cc1ccc2c(=S)n(-c3ccc(C(C)C)cc3)c(=O)oc2c1. The Bertz CT molecular complexity index is 949. The van der Waals surface area contributed by atoms with E-state index in [9.17, 15) is 4.79 Å². The minimum atomic E-state index is -0.458. The van der Waals surface area contributed by atoms with Crippen LogP contribution < -0.4 is 5.76 Å². The molecule has 2 aromatic carbocycles. The van der Waals surface area contributed by atoms with E-state index in [4.69, 9.17) is 16.6 Å². The van der Waals surface area contributed by atoms with Crippen LogP contribution in [-0.2, 0) is 0 Å². The minimum Gasteiger partial charge on any atom is -0.409 e. The van der Waals surface area contributed by atoms with Gasteiger partial charge in [0.05, 0.1) is 11.1 Å². The third-order valence-electron chi connectivity index (χ3n) is 3.77. The maximum Gasteiger partial charge on any atom is 0.425 e. The van der Waals surface area contributed by atoms with Crippen molar-refractivity contribution in [2.45, 2.75) is 26.7 Å². The van der Waals surface area contributed by atoms with E-state index in [1.54, 1.807) is 0 Å². The van der Waals surface area contributed by atoms with E-state index in [1.165, 1.54) is 10.1 Å². The molecule has 0 aliphatic rings. The fourth-order valence-electron chi connectivity index (χ4n) is 2.46. The molecule has 0 bridgehead atoms. The summed E-state index contributed by atoms with van der Waals surface area (Å²) in [4.78, 5) is 12.3. The van der Waals surface area contributed by atoms with Gasteiger partial charge in [0.1, 0.15) is 10.2 Å². The van der Waals surface area contributed by atoms with Crippen molar-refractivity contribution in [3.05, 3.63) is 68.8 Å². The van der Waals surface area contributed by atoms with E-state index >= 15 is 0 Å². The monoisotopic (exact) mass is 311 g/mol. The Morgan fingerprint density at radius 3 is 2.41 bits per heavy atom. The Kier molecular flexibility index (Phi) is 3.71. The van der Waals surface area contributed by atoms with Crippen molar-refractivity contribution in [3.8, 4) is 5.69 Å². The molecule has 0 saturated heterocycles. The molecule has 0 aliphatic carbocycles. The van der Waals surface area contributed by atoms with E-state index in [1.807, 2.05) is 49.4 Å². The summed E-state index contributed by atoms with van der Waals surface area (Å²) in [6.45, 7) is 6.22. The predicted molar refractivity (Wildman–Crippen MR) is 91.5 cm³/mol. The summed E-state index contributed by atoms with van der Waals surface area (Å²) >= 11 is 5.49. The van der Waals surface area contributed by atoms with E-state index in [-0.39, 0.29) is 0 Å². The lowest BCUT2D eigenvalue weighted by Crippen LogP contribution is -2.18. The molecule has 0 unspecified atom stereocenters. The molecule has 0 fully saturated rings. The Labute approximate surface area is 133 Å². The Morgan fingerprint density at radius 1 is 1.09 bits per heavy atom. The average molecular weight is 311 g/mol. The number of rotatable bonds is 2. The molecule has 0 radical (unpaired) electrons. The molecule has 0 spiro atoms.